The molecule has 12 nitrogen and oxygen atoms in total. The predicted molar refractivity (Wildman–Crippen MR) is 462 cm³/mol. The van der Waals surface area contributed by atoms with Crippen LogP contribution < -0.4 is 9.47 Å². The third kappa shape index (κ3) is 24.7. The molecule has 7 aliphatic rings. The Labute approximate surface area is 680 Å². The monoisotopic (exact) mass is 1550 g/mol. The number of rotatable bonds is 21. The fraction of sp³-hybridized carbons (Fsp3) is 0.564. The van der Waals surface area contributed by atoms with Gasteiger partial charge < -0.3 is 49.6 Å². The van der Waals surface area contributed by atoms with Gasteiger partial charge in [0.15, 0.2) is 24.1 Å². The molecule has 618 valence electrons. The second-order valence-corrected chi connectivity index (χ2v) is 35.5. The summed E-state index contributed by atoms with van der Waals surface area (Å²) < 4.78 is 23.4. The van der Waals surface area contributed by atoms with Gasteiger partial charge in [0.25, 0.3) is 0 Å². The summed E-state index contributed by atoms with van der Waals surface area (Å²) in [7, 11) is 0. The maximum absolute atomic E-state index is 12.7. The highest BCUT2D eigenvalue weighted by Gasteiger charge is 2.40. The number of hydrogen-bond donors (Lipinski definition) is 6. The van der Waals surface area contributed by atoms with E-state index >= 15 is 0 Å². The summed E-state index contributed by atoms with van der Waals surface area (Å²) in [6.07, 6.45) is 23.9. The van der Waals surface area contributed by atoms with E-state index < -0.39 is 5.60 Å². The van der Waals surface area contributed by atoms with Crippen LogP contribution in [-0.4, -0.2) is 68.0 Å². The Kier molecular flexibility index (Phi) is 35.3. The van der Waals surface area contributed by atoms with Crippen molar-refractivity contribution < 1.29 is 59.2 Å². The standard InChI is InChI=1S/C19H26O3.C15H22O2.2C15H22O.C14H18O2.C14H20O2.C9H12O/c1-13(2)15-9-6-10-16(18(20)14-7-5-8-14)19(15)22-17-11-3-4-12-21-17;1-10(2)12-8-5-9-13(14(12)16)15(3,17)11-6-4-7-11;2*1-10(2)13-8-5-9-14(15(13)16)11(3)12-6-4-7-12;1-9(2)11-7-4-8-12(14(11)16)13(15)10-5-3-6-10;1-11(2)12-7-3-4-8-13(12)16-14-9-5-6-10-15-14;1-7(2)8-5-3-4-6-9(8)10/h6,9-10,13-14,17H,3-5,7-8,11-12H2,1-2H3;5,8-11,16-17H,4,6-7H2,1-3H3;2*5,8-12,16H,4,6-7H2,1-3H3;4,7-10,16H,3,5-6H2,1-2H3;3-4,7-8,11,14H,5-6,9-10H2,1-2H3;3-7,10H,1-2H3. The van der Waals surface area contributed by atoms with Gasteiger partial charge in [-0.2, -0.15) is 0 Å². The highest BCUT2D eigenvalue weighted by Crippen LogP contribution is 2.49. The number of hydrogen-bond acceptors (Lipinski definition) is 12. The summed E-state index contributed by atoms with van der Waals surface area (Å²) in [5, 5.41) is 60.9. The SMILES string of the molecule is CC(C)c1cccc(C(=O)C2CCC2)c1O.CC(C)c1cccc(C(=O)C2CCC2)c1OC1CCCCO1.CC(C)c1cccc(C(C)(O)C2CCC2)c1O.CC(C)c1cccc(C(C)C2CCC2)c1O.CC(C)c1cccc(C(C)C2CCC2)c1O.CC(C)c1ccccc1O.CC(C)c1ccccc1OC1CCCCO1. The Morgan fingerprint density at radius 1 is 0.345 bits per heavy atom. The first-order valence-corrected chi connectivity index (χ1v) is 43.6. The average molecular weight is 1550 g/mol. The van der Waals surface area contributed by atoms with Crippen molar-refractivity contribution in [1.29, 1.82) is 0 Å². The van der Waals surface area contributed by atoms with E-state index in [4.69, 9.17) is 18.9 Å². The number of carbonyl (C=O) groups is 2. The lowest BCUT2D eigenvalue weighted by atomic mass is 9.70. The third-order valence-electron chi connectivity index (χ3n) is 25.0. The Bertz CT molecular complexity index is 3980. The maximum atomic E-state index is 12.7. The van der Waals surface area contributed by atoms with Crippen LogP contribution in [0.5, 0.6) is 40.2 Å². The molecule has 0 amide bonds. The summed E-state index contributed by atoms with van der Waals surface area (Å²) in [5.74, 6) is 9.79. The molecule has 5 aliphatic carbocycles. The van der Waals surface area contributed by atoms with E-state index in [0.717, 1.165) is 164 Å². The number of ether oxygens (including phenoxy) is 4. The molecule has 0 radical (unpaired) electrons. The molecule has 5 unspecified atom stereocenters. The summed E-state index contributed by atoms with van der Waals surface area (Å²) in [5.41, 5.74) is 10.7. The van der Waals surface area contributed by atoms with E-state index in [1.807, 2.05) is 106 Å². The van der Waals surface area contributed by atoms with Crippen molar-refractivity contribution in [2.75, 3.05) is 13.2 Å². The van der Waals surface area contributed by atoms with Crippen LogP contribution in [0.4, 0.5) is 0 Å². The first-order valence-electron chi connectivity index (χ1n) is 43.6. The number of carbonyl (C=O) groups excluding carboxylic acids is 2. The summed E-state index contributed by atoms with van der Waals surface area (Å²) in [4.78, 5) is 24.8. The van der Waals surface area contributed by atoms with Crippen LogP contribution in [0.2, 0.25) is 0 Å². The highest BCUT2D eigenvalue weighted by atomic mass is 16.7. The van der Waals surface area contributed by atoms with Gasteiger partial charge in [0.2, 0.25) is 0 Å². The van der Waals surface area contributed by atoms with E-state index in [0.29, 0.717) is 69.8 Å². The van der Waals surface area contributed by atoms with Crippen LogP contribution in [-0.2, 0) is 15.1 Å². The predicted octanol–water partition coefficient (Wildman–Crippen LogP) is 26.8. The molecule has 14 rings (SSSR count). The van der Waals surface area contributed by atoms with Crippen LogP contribution in [0, 0.1) is 29.6 Å². The lowest BCUT2D eigenvalue weighted by molar-refractivity contribution is -0.106. The van der Waals surface area contributed by atoms with Crippen LogP contribution in [0.25, 0.3) is 0 Å². The lowest BCUT2D eigenvalue weighted by Crippen LogP contribution is -2.36. The quantitative estimate of drug-likeness (QED) is 0.0374. The highest BCUT2D eigenvalue weighted by molar-refractivity contribution is 6.01. The molecule has 2 aliphatic heterocycles. The molecule has 5 saturated carbocycles. The Balaban J connectivity index is 0.000000167. The molecular formula is C101H142O12. The van der Waals surface area contributed by atoms with Crippen LogP contribution >= 0.6 is 0 Å². The molecule has 0 bridgehead atoms. The first-order chi connectivity index (χ1) is 53.9. The van der Waals surface area contributed by atoms with Gasteiger partial charge in [0, 0.05) is 30.2 Å². The van der Waals surface area contributed by atoms with Gasteiger partial charge in [-0.05, 0) is 242 Å². The molecule has 2 heterocycles. The van der Waals surface area contributed by atoms with Gasteiger partial charge in [-0.25, -0.2) is 0 Å². The van der Waals surface area contributed by atoms with Crippen molar-refractivity contribution in [1.82, 2.24) is 0 Å². The first kappa shape index (κ1) is 90.9. The number of phenolic OH excluding ortho intramolecular Hbond substituents is 5. The third-order valence-corrected chi connectivity index (χ3v) is 25.0. The normalized spacial score (nSPS) is 18.8. The van der Waals surface area contributed by atoms with Gasteiger partial charge in [-0.3, -0.25) is 9.59 Å². The molecule has 5 atom stereocenters. The van der Waals surface area contributed by atoms with Crippen molar-refractivity contribution in [2.24, 2.45) is 29.6 Å². The maximum Gasteiger partial charge on any atom is 0.199 e. The summed E-state index contributed by atoms with van der Waals surface area (Å²) in [6, 6.07) is 45.3. The molecule has 12 heteroatoms. The molecular weight excluding hydrogens is 1410 g/mol. The van der Waals surface area contributed by atoms with Gasteiger partial charge >= 0.3 is 0 Å². The van der Waals surface area contributed by atoms with Gasteiger partial charge in [0.1, 0.15) is 40.2 Å². The zero-order valence-electron chi connectivity index (χ0n) is 71.9. The molecule has 113 heavy (non-hydrogen) atoms. The van der Waals surface area contributed by atoms with E-state index in [1.165, 1.54) is 63.4 Å². The fourth-order valence-electron chi connectivity index (χ4n) is 16.1. The van der Waals surface area contributed by atoms with Crippen molar-refractivity contribution in [2.45, 2.75) is 324 Å². The molecule has 7 aromatic carbocycles. The zero-order valence-corrected chi connectivity index (χ0v) is 71.9. The topological polar surface area (TPSA) is 192 Å². The van der Waals surface area contributed by atoms with Crippen LogP contribution in [0.1, 0.15) is 382 Å². The van der Waals surface area contributed by atoms with Crippen LogP contribution in [0.15, 0.2) is 140 Å². The van der Waals surface area contributed by atoms with E-state index in [2.05, 4.69) is 139 Å². The van der Waals surface area contributed by atoms with E-state index in [9.17, 15) is 40.2 Å². The molecule has 6 N–H and O–H groups in total. The average Bonchev–Trinajstić information content (AvgIpc) is 0.799. The summed E-state index contributed by atoms with van der Waals surface area (Å²) >= 11 is 0. The molecule has 0 aromatic heterocycles. The molecule has 0 spiro atoms. The minimum absolute atomic E-state index is 0.0475. The second-order valence-electron chi connectivity index (χ2n) is 35.5. The molecule has 7 fully saturated rings. The Morgan fingerprint density at radius 3 is 1.09 bits per heavy atom. The number of aromatic hydroxyl groups is 5. The summed E-state index contributed by atoms with van der Waals surface area (Å²) in [6.45, 7) is 37.4. The second kappa shape index (κ2) is 43.9. The number of para-hydroxylation sites is 7. The zero-order chi connectivity index (χ0) is 82.2. The number of Topliss-reactive ketones (excluding diaryl/α,β-unsaturated/α-hetero) is 2. The number of benzene rings is 7. The fourth-order valence-corrected chi connectivity index (χ4v) is 16.1. The van der Waals surface area contributed by atoms with E-state index in [-0.39, 0.29) is 65.2 Å². The number of ketones is 2. The minimum atomic E-state index is -0.896. The van der Waals surface area contributed by atoms with Crippen molar-refractivity contribution >= 4 is 11.6 Å². The van der Waals surface area contributed by atoms with Crippen molar-refractivity contribution in [3.63, 3.8) is 0 Å². The van der Waals surface area contributed by atoms with Crippen molar-refractivity contribution in [3.8, 4) is 40.2 Å². The van der Waals surface area contributed by atoms with Gasteiger partial charge in [-0.1, -0.05) is 258 Å². The molecule has 7 aromatic rings. The minimum Gasteiger partial charge on any atom is -0.508 e. The van der Waals surface area contributed by atoms with Crippen LogP contribution in [0.3, 0.4) is 0 Å². The van der Waals surface area contributed by atoms with Crippen molar-refractivity contribution in [3.05, 3.63) is 206 Å². The number of aliphatic hydroxyl groups is 1. The number of phenols is 5. The Morgan fingerprint density at radius 2 is 0.699 bits per heavy atom. The van der Waals surface area contributed by atoms with Gasteiger partial charge in [0.05, 0.1) is 29.9 Å². The van der Waals surface area contributed by atoms with Gasteiger partial charge in [-0.15, -0.1) is 0 Å². The van der Waals surface area contributed by atoms with E-state index in [1.54, 1.807) is 12.1 Å². The smallest absolute Gasteiger partial charge is 0.199 e. The largest absolute Gasteiger partial charge is 0.508 e. The molecule has 2 saturated heterocycles. The Hall–Kier alpha value is -7.64. The lowest BCUT2D eigenvalue weighted by Gasteiger charge is -2.39.